The van der Waals surface area contributed by atoms with Gasteiger partial charge in [-0.05, 0) is 85.1 Å². The van der Waals surface area contributed by atoms with Crippen LogP contribution in [0.5, 0.6) is 0 Å². The van der Waals surface area contributed by atoms with Crippen molar-refractivity contribution in [1.82, 2.24) is 0 Å². The topological polar surface area (TPSA) is 191 Å². The van der Waals surface area contributed by atoms with Gasteiger partial charge in [0.05, 0.1) is 43.7 Å². The highest BCUT2D eigenvalue weighted by Crippen LogP contribution is 2.39. The molecule has 0 saturated heterocycles. The van der Waals surface area contributed by atoms with Gasteiger partial charge in [0.2, 0.25) is 0 Å². The third-order valence-electron chi connectivity index (χ3n) is 7.13. The number of anilines is 4. The zero-order chi connectivity index (χ0) is 40.3. The first-order valence-electron chi connectivity index (χ1n) is 14.6. The molecule has 0 aliphatic rings. The first-order chi connectivity index (χ1) is 24.2. The average Bonchev–Trinajstić information content (AvgIpc) is 2.99. The number of nitrogens with two attached hydrogens (primary N) is 2. The van der Waals surface area contributed by atoms with E-state index in [9.17, 15) is 52.8 Å². The first kappa shape index (κ1) is 42.3. The lowest BCUT2D eigenvalue weighted by molar-refractivity contribution is -0.137. The van der Waals surface area contributed by atoms with Crippen LogP contribution in [0.15, 0.2) is 87.6 Å². The molecule has 0 spiro atoms. The van der Waals surface area contributed by atoms with Crippen molar-refractivity contribution in [1.29, 1.82) is 0 Å². The standard InChI is InChI=1S/C17H17F3N4O3S.C16H13ClF3NO3S/c1-9-7-13(23-12-6-4-3-5-11(12)17(18,19)20)14(28(2,26)27)8-10(9)15(25)24-16(21)22;1-9-7-13(14(25(2,23)24)8-10(9)15(17)22)21-12-6-4-3-5-11(12)16(18,19)20/h3-8,23H,1-2H3,(H4,21,22,24,25);3-8,21H,1-2H3. The van der Waals surface area contributed by atoms with Gasteiger partial charge in [-0.15, -0.1) is 0 Å². The summed E-state index contributed by atoms with van der Waals surface area (Å²) in [6.45, 7) is 2.98. The molecule has 4 rings (SSSR count). The van der Waals surface area contributed by atoms with Crippen LogP contribution in [0.3, 0.4) is 0 Å². The summed E-state index contributed by atoms with van der Waals surface area (Å²) >= 11 is 5.43. The third kappa shape index (κ3) is 10.9. The Labute approximate surface area is 304 Å². The molecule has 6 N–H and O–H groups in total. The second-order valence-electron chi connectivity index (χ2n) is 11.3. The third-order valence-corrected chi connectivity index (χ3v) is 9.61. The molecule has 0 saturated carbocycles. The highest BCUT2D eigenvalue weighted by atomic mass is 35.5. The van der Waals surface area contributed by atoms with E-state index < -0.39 is 60.3 Å². The van der Waals surface area contributed by atoms with Gasteiger partial charge >= 0.3 is 12.4 Å². The lowest BCUT2D eigenvalue weighted by atomic mass is 10.1. The maximum atomic E-state index is 13.2. The van der Waals surface area contributed by atoms with Crippen molar-refractivity contribution in [3.63, 3.8) is 0 Å². The summed E-state index contributed by atoms with van der Waals surface area (Å²) in [6.07, 6.45) is -7.50. The van der Waals surface area contributed by atoms with Crippen molar-refractivity contribution in [3.05, 3.63) is 106 Å². The quantitative estimate of drug-likeness (QED) is 0.0618. The number of aryl methyl sites for hydroxylation is 2. The van der Waals surface area contributed by atoms with E-state index in [1.807, 2.05) is 0 Å². The Morgan fingerprint density at radius 1 is 0.642 bits per heavy atom. The van der Waals surface area contributed by atoms with E-state index >= 15 is 0 Å². The number of nitrogens with one attached hydrogen (secondary N) is 2. The van der Waals surface area contributed by atoms with Crippen LogP contribution in [0, 0.1) is 13.8 Å². The van der Waals surface area contributed by atoms with E-state index in [0.717, 1.165) is 36.8 Å². The number of benzene rings is 4. The van der Waals surface area contributed by atoms with Crippen molar-refractivity contribution in [2.24, 2.45) is 16.5 Å². The second-order valence-corrected chi connectivity index (χ2v) is 15.6. The molecule has 284 valence electrons. The fraction of sp³-hybridized carbons (Fsp3) is 0.182. The van der Waals surface area contributed by atoms with Crippen LogP contribution in [0.1, 0.15) is 43.0 Å². The van der Waals surface area contributed by atoms with E-state index in [-0.39, 0.29) is 49.2 Å². The Kier molecular flexibility index (Phi) is 12.6. The summed E-state index contributed by atoms with van der Waals surface area (Å²) in [4.78, 5) is 26.2. The fourth-order valence-corrected chi connectivity index (χ4v) is 6.66. The van der Waals surface area contributed by atoms with Crippen molar-refractivity contribution < 1.29 is 52.8 Å². The number of nitrogens with zero attached hydrogens (tertiary/aromatic N) is 1. The average molecular weight is 806 g/mol. The molecule has 11 nitrogen and oxygen atoms in total. The van der Waals surface area contributed by atoms with Crippen LogP contribution in [0.2, 0.25) is 0 Å². The highest BCUT2D eigenvalue weighted by molar-refractivity contribution is 7.91. The van der Waals surface area contributed by atoms with E-state index in [0.29, 0.717) is 5.56 Å². The molecular formula is C33H30ClF6N5O6S2. The van der Waals surface area contributed by atoms with Crippen LogP contribution < -0.4 is 22.1 Å². The monoisotopic (exact) mass is 805 g/mol. The van der Waals surface area contributed by atoms with Crippen LogP contribution in [0.4, 0.5) is 49.1 Å². The molecule has 1 amide bonds. The molecule has 0 atom stereocenters. The van der Waals surface area contributed by atoms with Gasteiger partial charge in [-0.25, -0.2) is 16.8 Å². The van der Waals surface area contributed by atoms with Gasteiger partial charge in [0.1, 0.15) is 0 Å². The van der Waals surface area contributed by atoms with Crippen LogP contribution in [-0.2, 0) is 32.0 Å². The number of aliphatic imine (C=N–C) groups is 1. The summed E-state index contributed by atoms with van der Waals surface area (Å²) in [5.74, 6) is -1.38. The number of alkyl halides is 6. The molecule has 0 aliphatic heterocycles. The summed E-state index contributed by atoms with van der Waals surface area (Å²) < 4.78 is 127. The van der Waals surface area contributed by atoms with Gasteiger partial charge in [-0.3, -0.25) is 9.59 Å². The van der Waals surface area contributed by atoms with Crippen LogP contribution >= 0.6 is 11.6 Å². The number of amides is 1. The number of carbonyl (C=O) groups excluding carboxylic acids is 2. The molecule has 0 aliphatic carbocycles. The minimum atomic E-state index is -4.65. The molecule has 0 unspecified atom stereocenters. The molecule has 0 fully saturated rings. The molecule has 4 aromatic rings. The van der Waals surface area contributed by atoms with Crippen LogP contribution in [-0.4, -0.2) is 46.5 Å². The number of guanidine groups is 1. The number of rotatable bonds is 8. The van der Waals surface area contributed by atoms with E-state index in [4.69, 9.17) is 23.1 Å². The summed E-state index contributed by atoms with van der Waals surface area (Å²) in [5.41, 5.74) is 8.09. The van der Waals surface area contributed by atoms with Gasteiger partial charge in [0.25, 0.3) is 11.1 Å². The molecule has 4 aromatic carbocycles. The molecule has 0 radical (unpaired) electrons. The number of carbonyl (C=O) groups is 2. The van der Waals surface area contributed by atoms with E-state index in [1.165, 1.54) is 62.4 Å². The Bertz CT molecular complexity index is 2330. The number of hydrogen-bond donors (Lipinski definition) is 4. The largest absolute Gasteiger partial charge is 0.418 e. The number of halogens is 7. The summed E-state index contributed by atoms with van der Waals surface area (Å²) in [6, 6.07) is 13.9. The Balaban J connectivity index is 0.000000287. The van der Waals surface area contributed by atoms with Crippen LogP contribution in [0.25, 0.3) is 0 Å². The SMILES string of the molecule is Cc1cc(Nc2ccccc2C(F)(F)F)c(S(C)(=O)=O)cc1C(=O)Cl.Cc1cc(Nc2ccccc2C(F)(F)F)c(S(C)(=O)=O)cc1C(=O)N=C(N)N. The normalized spacial score (nSPS) is 11.9. The molecule has 53 heavy (non-hydrogen) atoms. The lowest BCUT2D eigenvalue weighted by Gasteiger charge is -2.17. The summed E-state index contributed by atoms with van der Waals surface area (Å²) in [7, 11) is -7.74. The molecule has 0 aromatic heterocycles. The minimum Gasteiger partial charge on any atom is -0.370 e. The lowest BCUT2D eigenvalue weighted by Crippen LogP contribution is -2.24. The zero-order valence-electron chi connectivity index (χ0n) is 27.9. The predicted molar refractivity (Wildman–Crippen MR) is 188 cm³/mol. The van der Waals surface area contributed by atoms with Crippen molar-refractivity contribution >= 4 is 71.1 Å². The predicted octanol–water partition coefficient (Wildman–Crippen LogP) is 7.11. The summed E-state index contributed by atoms with van der Waals surface area (Å²) in [5, 5.41) is 4.16. The molecule has 20 heteroatoms. The number of hydrogen-bond acceptors (Lipinski definition) is 8. The van der Waals surface area contributed by atoms with Crippen molar-refractivity contribution in [2.45, 2.75) is 36.0 Å². The van der Waals surface area contributed by atoms with E-state index in [2.05, 4.69) is 15.6 Å². The van der Waals surface area contributed by atoms with Crippen molar-refractivity contribution in [3.8, 4) is 0 Å². The fourth-order valence-electron chi connectivity index (χ4n) is 4.77. The van der Waals surface area contributed by atoms with Gasteiger partial charge in [-0.1, -0.05) is 24.3 Å². The van der Waals surface area contributed by atoms with Gasteiger partial charge < -0.3 is 22.1 Å². The van der Waals surface area contributed by atoms with Gasteiger partial charge in [0.15, 0.2) is 25.6 Å². The highest BCUT2D eigenvalue weighted by Gasteiger charge is 2.35. The maximum absolute atomic E-state index is 13.2. The van der Waals surface area contributed by atoms with Gasteiger partial charge in [-0.2, -0.15) is 31.3 Å². The number of sulfone groups is 2. The molecule has 0 heterocycles. The molecule has 0 bridgehead atoms. The zero-order valence-corrected chi connectivity index (χ0v) is 30.3. The van der Waals surface area contributed by atoms with Crippen molar-refractivity contribution in [2.75, 3.05) is 23.1 Å². The molecular weight excluding hydrogens is 776 g/mol. The number of para-hydroxylation sites is 2. The first-order valence-corrected chi connectivity index (χ1v) is 18.8. The Hall–Kier alpha value is -5.14. The Morgan fingerprint density at radius 3 is 1.34 bits per heavy atom. The van der Waals surface area contributed by atoms with E-state index in [1.54, 1.807) is 0 Å². The Morgan fingerprint density at radius 2 is 1.00 bits per heavy atom. The maximum Gasteiger partial charge on any atom is 0.418 e. The second kappa shape index (κ2) is 15.8. The smallest absolute Gasteiger partial charge is 0.370 e. The minimum absolute atomic E-state index is 0.0308. The van der Waals surface area contributed by atoms with Gasteiger partial charge in [0, 0.05) is 23.6 Å².